The standard InChI is InChI=1S/C22H36N4O3/c1-2-22(16-27,17-28)24-21(29)19-6-4-10-26(15-19)20-7-11-25(12-8-20)14-18-5-3-9-23-13-18/h3,5,9,13,19-20,27-28H,2,4,6-8,10-12,14-17H2,1H3,(H,24,29). The van der Waals surface area contributed by atoms with Gasteiger partial charge in [-0.1, -0.05) is 13.0 Å². The second-order valence-corrected chi connectivity index (χ2v) is 8.64. The third kappa shape index (κ3) is 5.75. The Bertz CT molecular complexity index is 622. The summed E-state index contributed by atoms with van der Waals surface area (Å²) in [6.07, 6.45) is 8.41. The van der Waals surface area contributed by atoms with E-state index in [4.69, 9.17) is 0 Å². The summed E-state index contributed by atoms with van der Waals surface area (Å²) in [5, 5.41) is 22.2. The van der Waals surface area contributed by atoms with E-state index >= 15 is 0 Å². The molecule has 3 rings (SSSR count). The van der Waals surface area contributed by atoms with Crippen LogP contribution in [0, 0.1) is 5.92 Å². The minimum absolute atomic E-state index is 0.0336. The number of nitrogens with one attached hydrogen (secondary N) is 1. The molecule has 7 heteroatoms. The number of carbonyl (C=O) groups excluding carboxylic acids is 1. The van der Waals surface area contributed by atoms with Gasteiger partial charge in [0, 0.05) is 31.5 Å². The summed E-state index contributed by atoms with van der Waals surface area (Å²) in [7, 11) is 0. The van der Waals surface area contributed by atoms with Crippen LogP contribution in [0.1, 0.15) is 44.6 Å². The number of carbonyl (C=O) groups is 1. The van der Waals surface area contributed by atoms with E-state index in [1.54, 1.807) is 0 Å². The van der Waals surface area contributed by atoms with E-state index in [-0.39, 0.29) is 25.0 Å². The fourth-order valence-electron chi connectivity index (χ4n) is 4.55. The molecule has 162 valence electrons. The van der Waals surface area contributed by atoms with Crippen molar-refractivity contribution < 1.29 is 15.0 Å². The number of aliphatic hydroxyl groups is 2. The van der Waals surface area contributed by atoms with E-state index in [2.05, 4.69) is 26.2 Å². The second-order valence-electron chi connectivity index (χ2n) is 8.64. The maximum atomic E-state index is 12.8. The molecular formula is C22H36N4O3. The Hall–Kier alpha value is -1.54. The molecule has 2 aliphatic rings. The highest BCUT2D eigenvalue weighted by molar-refractivity contribution is 5.79. The van der Waals surface area contributed by atoms with Crippen molar-refractivity contribution in [3.63, 3.8) is 0 Å². The number of rotatable bonds is 8. The van der Waals surface area contributed by atoms with E-state index in [1.807, 2.05) is 25.4 Å². The zero-order valence-corrected chi connectivity index (χ0v) is 17.6. The number of piperidine rings is 2. The van der Waals surface area contributed by atoms with Crippen molar-refractivity contribution in [2.24, 2.45) is 5.92 Å². The molecule has 1 aromatic rings. The quantitative estimate of drug-likeness (QED) is 0.599. The molecule has 0 aliphatic carbocycles. The first-order valence-corrected chi connectivity index (χ1v) is 11.0. The second kappa shape index (κ2) is 10.5. The Labute approximate surface area is 174 Å². The zero-order chi connectivity index (χ0) is 20.7. The lowest BCUT2D eigenvalue weighted by Gasteiger charge is -2.42. The van der Waals surface area contributed by atoms with E-state index in [0.29, 0.717) is 12.5 Å². The van der Waals surface area contributed by atoms with E-state index < -0.39 is 5.54 Å². The number of likely N-dealkylation sites (tertiary alicyclic amines) is 2. The van der Waals surface area contributed by atoms with Gasteiger partial charge < -0.3 is 15.5 Å². The lowest BCUT2D eigenvalue weighted by molar-refractivity contribution is -0.130. The first-order chi connectivity index (χ1) is 14.1. The molecule has 1 atom stereocenters. The smallest absolute Gasteiger partial charge is 0.224 e. The molecule has 1 amide bonds. The Kier molecular flexibility index (Phi) is 8.00. The zero-order valence-electron chi connectivity index (χ0n) is 17.6. The van der Waals surface area contributed by atoms with Crippen molar-refractivity contribution in [1.82, 2.24) is 20.1 Å². The van der Waals surface area contributed by atoms with Crippen molar-refractivity contribution in [3.05, 3.63) is 30.1 Å². The Morgan fingerprint density at radius 2 is 2.00 bits per heavy atom. The number of aliphatic hydroxyl groups excluding tert-OH is 2. The molecule has 0 saturated carbocycles. The van der Waals surface area contributed by atoms with Gasteiger partial charge in [-0.3, -0.25) is 19.6 Å². The van der Waals surface area contributed by atoms with Crippen molar-refractivity contribution in [2.45, 2.75) is 57.2 Å². The van der Waals surface area contributed by atoms with Crippen LogP contribution in [0.15, 0.2) is 24.5 Å². The van der Waals surface area contributed by atoms with Crippen LogP contribution in [0.3, 0.4) is 0 Å². The van der Waals surface area contributed by atoms with Crippen LogP contribution < -0.4 is 5.32 Å². The maximum Gasteiger partial charge on any atom is 0.224 e. The number of hydrogen-bond donors (Lipinski definition) is 3. The van der Waals surface area contributed by atoms with Crippen molar-refractivity contribution in [1.29, 1.82) is 0 Å². The average Bonchev–Trinajstić information content (AvgIpc) is 2.79. The van der Waals surface area contributed by atoms with Crippen LogP contribution in [0.25, 0.3) is 0 Å². The highest BCUT2D eigenvalue weighted by Crippen LogP contribution is 2.25. The van der Waals surface area contributed by atoms with Crippen molar-refractivity contribution >= 4 is 5.91 Å². The lowest BCUT2D eigenvalue weighted by atomic mass is 9.91. The van der Waals surface area contributed by atoms with Gasteiger partial charge in [0.25, 0.3) is 0 Å². The molecule has 0 spiro atoms. The van der Waals surface area contributed by atoms with Gasteiger partial charge in [-0.15, -0.1) is 0 Å². The monoisotopic (exact) mass is 404 g/mol. The number of nitrogens with zero attached hydrogens (tertiary/aromatic N) is 3. The molecule has 3 heterocycles. The molecular weight excluding hydrogens is 368 g/mol. The highest BCUT2D eigenvalue weighted by Gasteiger charge is 2.35. The molecule has 2 saturated heterocycles. The van der Waals surface area contributed by atoms with Gasteiger partial charge in [-0.2, -0.15) is 0 Å². The van der Waals surface area contributed by atoms with E-state index in [1.165, 1.54) is 5.56 Å². The van der Waals surface area contributed by atoms with Crippen LogP contribution in [0.5, 0.6) is 0 Å². The van der Waals surface area contributed by atoms with E-state index in [9.17, 15) is 15.0 Å². The summed E-state index contributed by atoms with van der Waals surface area (Å²) in [4.78, 5) is 22.0. The largest absolute Gasteiger partial charge is 0.394 e. The third-order valence-electron chi connectivity index (χ3n) is 6.70. The van der Waals surface area contributed by atoms with Crippen LogP contribution in [0.4, 0.5) is 0 Å². The highest BCUT2D eigenvalue weighted by atomic mass is 16.3. The van der Waals surface area contributed by atoms with Crippen LogP contribution in [-0.4, -0.2) is 81.9 Å². The van der Waals surface area contributed by atoms with Gasteiger partial charge in [0.15, 0.2) is 0 Å². The summed E-state index contributed by atoms with van der Waals surface area (Å²) >= 11 is 0. The first-order valence-electron chi connectivity index (χ1n) is 11.0. The molecule has 1 aromatic heterocycles. The Balaban J connectivity index is 1.49. The third-order valence-corrected chi connectivity index (χ3v) is 6.70. The van der Waals surface area contributed by atoms with Gasteiger partial charge in [0.1, 0.15) is 0 Å². The van der Waals surface area contributed by atoms with E-state index in [0.717, 1.165) is 58.4 Å². The summed E-state index contributed by atoms with van der Waals surface area (Å²) in [6, 6.07) is 4.64. The minimum atomic E-state index is -0.906. The van der Waals surface area contributed by atoms with Crippen molar-refractivity contribution in [2.75, 3.05) is 39.4 Å². The molecule has 2 fully saturated rings. The lowest BCUT2D eigenvalue weighted by Crippen LogP contribution is -2.57. The van der Waals surface area contributed by atoms with Crippen molar-refractivity contribution in [3.8, 4) is 0 Å². The van der Waals surface area contributed by atoms with Gasteiger partial charge in [-0.05, 0) is 63.4 Å². The predicted molar refractivity (Wildman–Crippen MR) is 112 cm³/mol. The fourth-order valence-corrected chi connectivity index (χ4v) is 4.55. The molecule has 0 radical (unpaired) electrons. The van der Waals surface area contributed by atoms with Crippen LogP contribution in [-0.2, 0) is 11.3 Å². The SMILES string of the molecule is CCC(CO)(CO)NC(=O)C1CCCN(C2CCN(Cc3cccnc3)CC2)C1. The first kappa shape index (κ1) is 22.2. The van der Waals surface area contributed by atoms with Gasteiger partial charge >= 0.3 is 0 Å². The molecule has 1 unspecified atom stereocenters. The summed E-state index contributed by atoms with van der Waals surface area (Å²) in [5.41, 5.74) is 0.351. The Morgan fingerprint density at radius 3 is 2.62 bits per heavy atom. The van der Waals surface area contributed by atoms with Crippen LogP contribution in [0.2, 0.25) is 0 Å². The molecule has 3 N–H and O–H groups in total. The normalized spacial score (nSPS) is 22.5. The number of pyridine rings is 1. The molecule has 0 bridgehead atoms. The average molecular weight is 405 g/mol. The van der Waals surface area contributed by atoms with Gasteiger partial charge in [-0.25, -0.2) is 0 Å². The summed E-state index contributed by atoms with van der Waals surface area (Å²) in [5.74, 6) is -0.102. The molecule has 7 nitrogen and oxygen atoms in total. The fraction of sp³-hybridized carbons (Fsp3) is 0.727. The van der Waals surface area contributed by atoms with Crippen LogP contribution >= 0.6 is 0 Å². The number of hydrogen-bond acceptors (Lipinski definition) is 6. The summed E-state index contributed by atoms with van der Waals surface area (Å²) < 4.78 is 0. The summed E-state index contributed by atoms with van der Waals surface area (Å²) in [6.45, 7) is 6.31. The Morgan fingerprint density at radius 1 is 1.24 bits per heavy atom. The minimum Gasteiger partial charge on any atom is -0.394 e. The number of amides is 1. The molecule has 2 aliphatic heterocycles. The molecule has 29 heavy (non-hydrogen) atoms. The topological polar surface area (TPSA) is 88.9 Å². The van der Waals surface area contributed by atoms with Gasteiger partial charge in [0.05, 0.1) is 24.7 Å². The van der Waals surface area contributed by atoms with Gasteiger partial charge in [0.2, 0.25) is 5.91 Å². The maximum absolute atomic E-state index is 12.8. The predicted octanol–water partition coefficient (Wildman–Crippen LogP) is 1.01. The molecule has 0 aromatic carbocycles. The number of aromatic nitrogens is 1.